The third-order valence-electron chi connectivity index (χ3n) is 2.55. The number of nitro groups is 2. The van der Waals surface area contributed by atoms with Crippen LogP contribution in [0.25, 0.3) is 0 Å². The Labute approximate surface area is 148 Å². The highest BCUT2D eigenvalue weighted by Gasteiger charge is 2.19. The summed E-state index contributed by atoms with van der Waals surface area (Å²) < 4.78 is 3.89. The van der Waals surface area contributed by atoms with E-state index in [9.17, 15) is 20.2 Å². The molecule has 1 aromatic heterocycles. The van der Waals surface area contributed by atoms with E-state index in [2.05, 4.69) is 14.4 Å². The van der Waals surface area contributed by atoms with Crippen LogP contribution in [-0.2, 0) is 0 Å². The lowest BCUT2D eigenvalue weighted by Crippen LogP contribution is -2.01. The van der Waals surface area contributed by atoms with E-state index < -0.39 is 21.2 Å². The number of nitrogens with two attached hydrogens (primary N) is 1. The van der Waals surface area contributed by atoms with Gasteiger partial charge in [0.05, 0.1) is 22.1 Å². The van der Waals surface area contributed by atoms with Gasteiger partial charge in [-0.2, -0.15) is 0 Å². The van der Waals surface area contributed by atoms with Crippen LogP contribution < -0.4 is 5.73 Å². The SMILES string of the molecule is Nc1nc(Cl)c(Cl)nc1/C=N/Sc1ccc([N+](=O)[O-])cc1[N+](=O)[O-]. The molecule has 0 saturated heterocycles. The molecule has 0 atom stereocenters. The first kappa shape index (κ1) is 17.8. The number of rotatable bonds is 5. The van der Waals surface area contributed by atoms with Gasteiger partial charge >= 0.3 is 0 Å². The second-order valence-electron chi connectivity index (χ2n) is 4.07. The second-order valence-corrected chi connectivity index (χ2v) is 5.62. The summed E-state index contributed by atoms with van der Waals surface area (Å²) in [6.45, 7) is 0. The second kappa shape index (κ2) is 7.38. The van der Waals surface area contributed by atoms with E-state index in [1.807, 2.05) is 0 Å². The first-order chi connectivity index (χ1) is 11.3. The summed E-state index contributed by atoms with van der Waals surface area (Å²) in [5, 5.41) is 21.6. The predicted octanol–water partition coefficient (Wildman–Crippen LogP) is 3.31. The number of non-ortho nitro benzene ring substituents is 1. The molecule has 10 nitrogen and oxygen atoms in total. The third kappa shape index (κ3) is 4.07. The van der Waals surface area contributed by atoms with Gasteiger partial charge in [0.25, 0.3) is 11.4 Å². The number of benzene rings is 1. The molecule has 1 aromatic carbocycles. The zero-order chi connectivity index (χ0) is 17.9. The summed E-state index contributed by atoms with van der Waals surface area (Å²) in [7, 11) is 0. The van der Waals surface area contributed by atoms with Crippen molar-refractivity contribution in [2.45, 2.75) is 4.90 Å². The fourth-order valence-corrected chi connectivity index (χ4v) is 2.37. The van der Waals surface area contributed by atoms with Crippen LogP contribution in [0.15, 0.2) is 27.5 Å². The maximum atomic E-state index is 11.0. The lowest BCUT2D eigenvalue weighted by Gasteiger charge is -2.01. The third-order valence-corrected chi connectivity index (χ3v) is 3.92. The first-order valence-corrected chi connectivity index (χ1v) is 7.44. The molecular formula is C11H6Cl2N6O4S. The molecule has 1 heterocycles. The maximum absolute atomic E-state index is 11.0. The predicted molar refractivity (Wildman–Crippen MR) is 89.7 cm³/mol. The fourth-order valence-electron chi connectivity index (χ4n) is 1.49. The van der Waals surface area contributed by atoms with Crippen molar-refractivity contribution in [2.75, 3.05) is 5.73 Å². The number of nitro benzene ring substituents is 2. The topological polar surface area (TPSA) is 150 Å². The minimum absolute atomic E-state index is 0.0213. The largest absolute Gasteiger partial charge is 0.382 e. The van der Waals surface area contributed by atoms with Gasteiger partial charge in [0.2, 0.25) is 0 Å². The van der Waals surface area contributed by atoms with Crippen molar-refractivity contribution >= 4 is 58.6 Å². The average molecular weight is 389 g/mol. The molecular weight excluding hydrogens is 383 g/mol. The standard InChI is InChI=1S/C11H6Cl2N6O4S/c12-9-10(13)17-11(14)6(16-9)4-15-24-8-2-1-5(18(20)21)3-7(8)19(22)23/h1-4H,(H2,14,17)/b15-4+. The molecule has 0 amide bonds. The van der Waals surface area contributed by atoms with Crippen molar-refractivity contribution in [3.8, 4) is 0 Å². The van der Waals surface area contributed by atoms with Gasteiger partial charge in [-0.15, -0.1) is 0 Å². The van der Waals surface area contributed by atoms with Crippen LogP contribution in [0.2, 0.25) is 10.3 Å². The van der Waals surface area contributed by atoms with E-state index in [1.54, 1.807) is 0 Å². The number of halogens is 2. The summed E-state index contributed by atoms with van der Waals surface area (Å²) in [5.74, 6) is -0.0213. The Morgan fingerprint density at radius 2 is 1.83 bits per heavy atom. The Hall–Kier alpha value is -2.50. The van der Waals surface area contributed by atoms with E-state index in [-0.39, 0.29) is 26.7 Å². The molecule has 0 fully saturated rings. The van der Waals surface area contributed by atoms with Crippen LogP contribution in [0.3, 0.4) is 0 Å². The molecule has 0 aliphatic heterocycles. The van der Waals surface area contributed by atoms with Crippen LogP contribution in [0.4, 0.5) is 17.2 Å². The lowest BCUT2D eigenvalue weighted by atomic mass is 10.3. The van der Waals surface area contributed by atoms with Crippen molar-refractivity contribution in [1.29, 1.82) is 0 Å². The molecule has 0 saturated carbocycles. The van der Waals surface area contributed by atoms with E-state index in [0.29, 0.717) is 11.9 Å². The molecule has 2 aromatic rings. The Bertz CT molecular complexity index is 863. The van der Waals surface area contributed by atoms with Gasteiger partial charge in [0.1, 0.15) is 10.6 Å². The van der Waals surface area contributed by atoms with Crippen LogP contribution in [0.5, 0.6) is 0 Å². The van der Waals surface area contributed by atoms with Crippen molar-refractivity contribution in [2.24, 2.45) is 4.40 Å². The highest BCUT2D eigenvalue weighted by Crippen LogP contribution is 2.33. The maximum Gasteiger partial charge on any atom is 0.291 e. The number of hydrogen-bond donors (Lipinski definition) is 1. The Balaban J connectivity index is 2.27. The quantitative estimate of drug-likeness (QED) is 0.354. The number of hydrogen-bond acceptors (Lipinski definition) is 9. The monoisotopic (exact) mass is 388 g/mol. The molecule has 124 valence electrons. The van der Waals surface area contributed by atoms with E-state index >= 15 is 0 Å². The lowest BCUT2D eigenvalue weighted by molar-refractivity contribution is -0.396. The summed E-state index contributed by atoms with van der Waals surface area (Å²) in [4.78, 5) is 27.9. The number of nitrogens with zero attached hydrogens (tertiary/aromatic N) is 5. The molecule has 0 spiro atoms. The van der Waals surface area contributed by atoms with Crippen LogP contribution in [0, 0.1) is 20.2 Å². The molecule has 0 bridgehead atoms. The minimum atomic E-state index is -0.738. The van der Waals surface area contributed by atoms with Gasteiger partial charge in [-0.3, -0.25) is 20.2 Å². The summed E-state index contributed by atoms with van der Waals surface area (Å²) in [5.41, 5.74) is 4.89. The highest BCUT2D eigenvalue weighted by molar-refractivity contribution is 7.98. The van der Waals surface area contributed by atoms with E-state index in [4.69, 9.17) is 28.9 Å². The van der Waals surface area contributed by atoms with Crippen molar-refractivity contribution in [1.82, 2.24) is 9.97 Å². The highest BCUT2D eigenvalue weighted by atomic mass is 35.5. The average Bonchev–Trinajstić information content (AvgIpc) is 2.52. The molecule has 2 N–H and O–H groups in total. The molecule has 0 aliphatic rings. The molecule has 0 unspecified atom stereocenters. The number of aromatic nitrogens is 2. The van der Waals surface area contributed by atoms with Crippen LogP contribution >= 0.6 is 35.1 Å². The Morgan fingerprint density at radius 1 is 1.17 bits per heavy atom. The summed E-state index contributed by atoms with van der Waals surface area (Å²) >= 11 is 12.1. The smallest absolute Gasteiger partial charge is 0.291 e. The Kier molecular flexibility index (Phi) is 5.49. The van der Waals surface area contributed by atoms with E-state index in [1.165, 1.54) is 12.3 Å². The minimum Gasteiger partial charge on any atom is -0.382 e. The number of anilines is 1. The van der Waals surface area contributed by atoms with Gasteiger partial charge < -0.3 is 5.73 Å². The Morgan fingerprint density at radius 3 is 2.46 bits per heavy atom. The number of nitrogen functional groups attached to an aromatic ring is 1. The van der Waals surface area contributed by atoms with Gasteiger partial charge in [0, 0.05) is 18.0 Å². The zero-order valence-electron chi connectivity index (χ0n) is 11.4. The molecule has 0 aliphatic carbocycles. The normalized spacial score (nSPS) is 10.9. The van der Waals surface area contributed by atoms with Crippen molar-refractivity contribution in [3.05, 3.63) is 54.4 Å². The zero-order valence-corrected chi connectivity index (χ0v) is 13.7. The molecule has 24 heavy (non-hydrogen) atoms. The van der Waals surface area contributed by atoms with Gasteiger partial charge in [-0.1, -0.05) is 23.2 Å². The van der Waals surface area contributed by atoms with Gasteiger partial charge in [0.15, 0.2) is 16.1 Å². The first-order valence-electron chi connectivity index (χ1n) is 5.91. The van der Waals surface area contributed by atoms with Gasteiger partial charge in [-0.25, -0.2) is 14.4 Å². The molecule has 0 radical (unpaired) electrons. The van der Waals surface area contributed by atoms with Crippen LogP contribution in [0.1, 0.15) is 5.69 Å². The molecule has 2 rings (SSSR count). The fraction of sp³-hybridized carbons (Fsp3) is 0. The van der Waals surface area contributed by atoms with Gasteiger partial charge in [-0.05, 0) is 6.07 Å². The molecule has 13 heteroatoms. The summed E-state index contributed by atoms with van der Waals surface area (Å²) in [6, 6.07) is 3.21. The van der Waals surface area contributed by atoms with Crippen molar-refractivity contribution in [3.63, 3.8) is 0 Å². The van der Waals surface area contributed by atoms with E-state index in [0.717, 1.165) is 12.1 Å². The van der Waals surface area contributed by atoms with Crippen LogP contribution in [-0.4, -0.2) is 26.0 Å². The summed E-state index contributed by atoms with van der Waals surface area (Å²) in [6.07, 6.45) is 1.19. The van der Waals surface area contributed by atoms with Crippen molar-refractivity contribution < 1.29 is 9.85 Å².